The molecule has 0 aromatic rings. The van der Waals surface area contributed by atoms with Crippen molar-refractivity contribution in [2.75, 3.05) is 13.2 Å². The number of hydrogen-bond donors (Lipinski definition) is 0. The smallest absolute Gasteiger partial charge is 0.336 e. The summed E-state index contributed by atoms with van der Waals surface area (Å²) in [5, 5.41) is 0. The lowest BCUT2D eigenvalue weighted by Crippen LogP contribution is -2.52. The normalized spacial score (nSPS) is 36.9. The van der Waals surface area contributed by atoms with Gasteiger partial charge in [-0.2, -0.15) is 0 Å². The van der Waals surface area contributed by atoms with Crippen LogP contribution >= 0.6 is 0 Å². The van der Waals surface area contributed by atoms with Gasteiger partial charge in [0.05, 0.1) is 13.2 Å². The summed E-state index contributed by atoms with van der Waals surface area (Å²) >= 11 is 0. The van der Waals surface area contributed by atoms with Gasteiger partial charge in [-0.1, -0.05) is 12.5 Å². The van der Waals surface area contributed by atoms with E-state index in [4.69, 9.17) is 14.2 Å². The van der Waals surface area contributed by atoms with Gasteiger partial charge < -0.3 is 14.2 Å². The first kappa shape index (κ1) is 14.2. The topological polar surface area (TPSA) is 44.8 Å². The summed E-state index contributed by atoms with van der Waals surface area (Å²) in [5.41, 5.74) is 3.79. The van der Waals surface area contributed by atoms with Crippen molar-refractivity contribution >= 4 is 5.97 Å². The molecule has 1 saturated heterocycles. The summed E-state index contributed by atoms with van der Waals surface area (Å²) in [4.78, 5) is 11.4. The van der Waals surface area contributed by atoms with E-state index in [0.717, 1.165) is 37.9 Å². The molecule has 4 rings (SSSR count). The molecule has 1 atom stereocenters. The third-order valence-electron chi connectivity index (χ3n) is 5.85. The van der Waals surface area contributed by atoms with Crippen LogP contribution in [0.2, 0.25) is 0 Å². The van der Waals surface area contributed by atoms with E-state index in [2.05, 4.69) is 13.8 Å². The number of ether oxygens (including phenoxy) is 3. The maximum Gasteiger partial charge on any atom is 0.336 e. The minimum Gasteiger partial charge on any atom is -0.423 e. The highest BCUT2D eigenvalue weighted by atomic mass is 16.7. The number of allylic oxidation sites excluding steroid dienone is 3. The molecule has 0 aromatic heterocycles. The summed E-state index contributed by atoms with van der Waals surface area (Å²) in [5.74, 6) is 0.0152. The summed E-state index contributed by atoms with van der Waals surface area (Å²) < 4.78 is 17.6. The first-order chi connectivity index (χ1) is 10.6. The maximum absolute atomic E-state index is 11.4. The zero-order chi connectivity index (χ0) is 15.4. The van der Waals surface area contributed by atoms with Crippen LogP contribution in [0, 0.1) is 5.41 Å². The van der Waals surface area contributed by atoms with Crippen molar-refractivity contribution in [3.05, 3.63) is 34.6 Å². The fraction of sp³-hybridized carbons (Fsp3) is 0.611. The van der Waals surface area contributed by atoms with Crippen molar-refractivity contribution < 1.29 is 19.0 Å². The SMILES string of the molecule is CC1=C2CCCC3(OCCO3)C2(C)CC/C1=C1/C=CC(=O)O1. The minimum absolute atomic E-state index is 0.0672. The molecule has 2 fully saturated rings. The molecule has 0 aromatic carbocycles. The second-order valence-electron chi connectivity index (χ2n) is 6.84. The zero-order valence-electron chi connectivity index (χ0n) is 13.2. The molecule has 2 heterocycles. The predicted octanol–water partition coefficient (Wildman–Crippen LogP) is 3.40. The minimum atomic E-state index is -0.444. The van der Waals surface area contributed by atoms with E-state index in [9.17, 15) is 4.79 Å². The lowest BCUT2D eigenvalue weighted by atomic mass is 9.59. The Labute approximate surface area is 130 Å². The molecule has 118 valence electrons. The zero-order valence-corrected chi connectivity index (χ0v) is 13.2. The second-order valence-corrected chi connectivity index (χ2v) is 6.84. The fourth-order valence-electron chi connectivity index (χ4n) is 4.67. The number of carbonyl (C=O) groups is 1. The van der Waals surface area contributed by atoms with Gasteiger partial charge >= 0.3 is 5.97 Å². The molecule has 0 radical (unpaired) electrons. The molecule has 1 saturated carbocycles. The van der Waals surface area contributed by atoms with Crippen molar-refractivity contribution in [2.24, 2.45) is 5.41 Å². The molecule has 0 N–H and O–H groups in total. The van der Waals surface area contributed by atoms with Crippen molar-refractivity contribution in [3.8, 4) is 0 Å². The van der Waals surface area contributed by atoms with Crippen molar-refractivity contribution in [2.45, 2.75) is 51.7 Å². The molecule has 22 heavy (non-hydrogen) atoms. The second kappa shape index (κ2) is 4.80. The molecular formula is C18H22O4. The van der Waals surface area contributed by atoms with Crippen LogP contribution in [-0.2, 0) is 19.0 Å². The Hall–Kier alpha value is -1.39. The van der Waals surface area contributed by atoms with Gasteiger partial charge in [-0.15, -0.1) is 0 Å². The highest BCUT2D eigenvalue weighted by Crippen LogP contribution is 2.59. The molecule has 4 aliphatic rings. The summed E-state index contributed by atoms with van der Waals surface area (Å²) in [6.07, 6.45) is 8.30. The van der Waals surface area contributed by atoms with Crippen LogP contribution in [0.3, 0.4) is 0 Å². The monoisotopic (exact) mass is 302 g/mol. The van der Waals surface area contributed by atoms with E-state index in [0.29, 0.717) is 13.2 Å². The summed E-state index contributed by atoms with van der Waals surface area (Å²) in [6, 6.07) is 0. The van der Waals surface area contributed by atoms with Gasteiger partial charge in [0.15, 0.2) is 5.79 Å². The Balaban J connectivity index is 1.80. The number of carbonyl (C=O) groups excluding carboxylic acids is 1. The van der Waals surface area contributed by atoms with Crippen LogP contribution in [-0.4, -0.2) is 25.0 Å². The van der Waals surface area contributed by atoms with Gasteiger partial charge in [0, 0.05) is 17.9 Å². The van der Waals surface area contributed by atoms with E-state index < -0.39 is 5.79 Å². The predicted molar refractivity (Wildman–Crippen MR) is 80.8 cm³/mol. The Morgan fingerprint density at radius 1 is 1.09 bits per heavy atom. The van der Waals surface area contributed by atoms with Crippen LogP contribution in [0.15, 0.2) is 34.6 Å². The number of rotatable bonds is 0. The third kappa shape index (κ3) is 1.80. The third-order valence-corrected chi connectivity index (χ3v) is 5.85. The van der Waals surface area contributed by atoms with Crippen LogP contribution in [0.4, 0.5) is 0 Å². The van der Waals surface area contributed by atoms with Crippen LogP contribution in [0.1, 0.15) is 46.0 Å². The molecule has 4 nitrogen and oxygen atoms in total. The van der Waals surface area contributed by atoms with Crippen LogP contribution in [0.5, 0.6) is 0 Å². The Kier molecular flexibility index (Phi) is 3.10. The molecule has 1 unspecified atom stereocenters. The standard InChI is InChI=1S/C18H22O4/c1-12-13(15-5-6-16(19)22-15)7-9-17(2)14(12)4-3-8-18(17)20-10-11-21-18/h5-6H,3-4,7-11H2,1-2H3/b15-13+. The number of esters is 1. The van der Waals surface area contributed by atoms with Crippen molar-refractivity contribution in [1.29, 1.82) is 0 Å². The Morgan fingerprint density at radius 3 is 2.55 bits per heavy atom. The molecule has 2 aliphatic heterocycles. The summed E-state index contributed by atoms with van der Waals surface area (Å²) in [7, 11) is 0. The first-order valence-electron chi connectivity index (χ1n) is 8.17. The van der Waals surface area contributed by atoms with Crippen molar-refractivity contribution in [1.82, 2.24) is 0 Å². The lowest BCUT2D eigenvalue weighted by molar-refractivity contribution is -0.237. The first-order valence-corrected chi connectivity index (χ1v) is 8.17. The molecule has 2 aliphatic carbocycles. The van der Waals surface area contributed by atoms with Gasteiger partial charge in [-0.25, -0.2) is 4.79 Å². The fourth-order valence-corrected chi connectivity index (χ4v) is 4.67. The maximum atomic E-state index is 11.4. The Bertz CT molecular complexity index is 619. The van der Waals surface area contributed by atoms with Gasteiger partial charge in [0.25, 0.3) is 0 Å². The van der Waals surface area contributed by atoms with E-state index in [1.165, 1.54) is 22.8 Å². The van der Waals surface area contributed by atoms with E-state index >= 15 is 0 Å². The number of hydrogen-bond acceptors (Lipinski definition) is 4. The molecule has 1 spiro atoms. The van der Waals surface area contributed by atoms with Gasteiger partial charge in [0.2, 0.25) is 0 Å². The average Bonchev–Trinajstić information content (AvgIpc) is 3.12. The van der Waals surface area contributed by atoms with Gasteiger partial charge in [-0.3, -0.25) is 0 Å². The molecule has 0 amide bonds. The van der Waals surface area contributed by atoms with E-state index in [-0.39, 0.29) is 11.4 Å². The van der Waals surface area contributed by atoms with Crippen LogP contribution in [0.25, 0.3) is 0 Å². The molecular weight excluding hydrogens is 280 g/mol. The van der Waals surface area contributed by atoms with Gasteiger partial charge in [0.1, 0.15) is 5.76 Å². The highest BCUT2D eigenvalue weighted by molar-refractivity contribution is 5.87. The van der Waals surface area contributed by atoms with E-state index in [1.807, 2.05) is 0 Å². The molecule has 0 bridgehead atoms. The highest BCUT2D eigenvalue weighted by Gasteiger charge is 2.57. The Morgan fingerprint density at radius 2 is 1.86 bits per heavy atom. The lowest BCUT2D eigenvalue weighted by Gasteiger charge is -2.52. The van der Waals surface area contributed by atoms with Crippen molar-refractivity contribution in [3.63, 3.8) is 0 Å². The summed E-state index contributed by atoms with van der Waals surface area (Å²) in [6.45, 7) is 5.82. The van der Waals surface area contributed by atoms with Gasteiger partial charge in [-0.05, 0) is 49.8 Å². The largest absolute Gasteiger partial charge is 0.423 e. The number of cyclic esters (lactones) is 1. The molecule has 4 heteroatoms. The average molecular weight is 302 g/mol. The van der Waals surface area contributed by atoms with E-state index in [1.54, 1.807) is 6.08 Å². The van der Waals surface area contributed by atoms with Crippen LogP contribution < -0.4 is 0 Å². The number of fused-ring (bicyclic) bond motifs is 2. The quantitative estimate of drug-likeness (QED) is 0.643.